The zero-order chi connectivity index (χ0) is 19.0. The highest BCUT2D eigenvalue weighted by atomic mass is 32.3. The van der Waals surface area contributed by atoms with Gasteiger partial charge in [0.2, 0.25) is 22.2 Å². The number of carbonyl (C=O) groups excluding carboxylic acids is 2. The molecule has 0 spiro atoms. The summed E-state index contributed by atoms with van der Waals surface area (Å²) in [5.41, 5.74) is 0. The lowest BCUT2D eigenvalue weighted by Gasteiger charge is -2.33. The quantitative estimate of drug-likeness (QED) is 0.373. The zero-order valence-corrected chi connectivity index (χ0v) is 15.9. The van der Waals surface area contributed by atoms with Crippen molar-refractivity contribution in [1.29, 1.82) is 0 Å². The summed E-state index contributed by atoms with van der Waals surface area (Å²) in [6, 6.07) is 0.188. The van der Waals surface area contributed by atoms with Gasteiger partial charge in [-0.15, -0.1) is 0 Å². The molecule has 1 N–H and O–H groups in total. The maximum Gasteiger partial charge on any atom is 0.226 e. The summed E-state index contributed by atoms with van der Waals surface area (Å²) < 4.78 is 31.7. The maximum atomic E-state index is 11.6. The number of carbonyl (C=O) groups is 2. The minimum atomic E-state index is -4.41. The molecular formula is C14H29N3O6S. The van der Waals surface area contributed by atoms with Gasteiger partial charge in [0.15, 0.2) is 6.67 Å². The predicted molar refractivity (Wildman–Crippen MR) is 87.4 cm³/mol. The van der Waals surface area contributed by atoms with Crippen molar-refractivity contribution in [2.24, 2.45) is 0 Å². The molecule has 10 heteroatoms. The van der Waals surface area contributed by atoms with Crippen LogP contribution in [0.2, 0.25) is 0 Å². The van der Waals surface area contributed by atoms with Crippen molar-refractivity contribution in [2.75, 3.05) is 41.0 Å². The van der Waals surface area contributed by atoms with Gasteiger partial charge < -0.3 is 14.4 Å². The highest BCUT2D eigenvalue weighted by molar-refractivity contribution is 7.80. The summed E-state index contributed by atoms with van der Waals surface area (Å²) >= 11 is 0. The fraction of sp³-hybridized carbons (Fsp3) is 0.857. The van der Waals surface area contributed by atoms with Gasteiger partial charge in [0, 0.05) is 19.0 Å². The van der Waals surface area contributed by atoms with Gasteiger partial charge in [-0.2, -0.15) is 0 Å². The van der Waals surface area contributed by atoms with Crippen LogP contribution in [0.5, 0.6) is 0 Å². The van der Waals surface area contributed by atoms with Crippen molar-refractivity contribution in [3.63, 3.8) is 0 Å². The molecule has 0 saturated carbocycles. The summed E-state index contributed by atoms with van der Waals surface area (Å²) in [5.74, 6) is 0.330. The van der Waals surface area contributed by atoms with Crippen molar-refractivity contribution < 1.29 is 31.2 Å². The lowest BCUT2D eigenvalue weighted by Crippen LogP contribution is -2.50. The van der Waals surface area contributed by atoms with Crippen LogP contribution >= 0.6 is 0 Å². The Morgan fingerprint density at radius 3 is 2.33 bits per heavy atom. The smallest absolute Gasteiger partial charge is 0.226 e. The Bertz CT molecular complexity index is 519. The van der Waals surface area contributed by atoms with Crippen LogP contribution in [0, 0.1) is 0 Å². The summed E-state index contributed by atoms with van der Waals surface area (Å²) in [5, 5.41) is 2.89. The molecule has 0 bridgehead atoms. The van der Waals surface area contributed by atoms with E-state index in [-0.39, 0.29) is 17.9 Å². The molecule has 0 aromatic rings. The molecule has 1 aliphatic heterocycles. The zero-order valence-electron chi connectivity index (χ0n) is 15.1. The van der Waals surface area contributed by atoms with Crippen LogP contribution in [0.25, 0.3) is 0 Å². The SMILES string of the molecule is CC(C)NC(=O)CC[N+](C)(C)CN1CCCC1=O.COS(=O)(=O)[O-]. The fourth-order valence-corrected chi connectivity index (χ4v) is 2.18. The summed E-state index contributed by atoms with van der Waals surface area (Å²) in [6.07, 6.45) is 2.15. The first kappa shape index (κ1) is 22.8. The minimum absolute atomic E-state index is 0.0870. The molecule has 1 fully saturated rings. The van der Waals surface area contributed by atoms with Gasteiger partial charge >= 0.3 is 0 Å². The van der Waals surface area contributed by atoms with Crippen molar-refractivity contribution in [3.05, 3.63) is 0 Å². The van der Waals surface area contributed by atoms with Gasteiger partial charge in [-0.3, -0.25) is 18.7 Å². The second-order valence-corrected chi connectivity index (χ2v) is 7.76. The molecule has 0 aliphatic carbocycles. The first-order chi connectivity index (χ1) is 10.9. The Hall–Kier alpha value is -1.23. The van der Waals surface area contributed by atoms with E-state index < -0.39 is 10.4 Å². The fourth-order valence-electron chi connectivity index (χ4n) is 2.18. The number of nitrogens with one attached hydrogen (secondary N) is 1. The van der Waals surface area contributed by atoms with Crippen LogP contribution in [0.4, 0.5) is 0 Å². The Balaban J connectivity index is 0.000000754. The normalized spacial score (nSPS) is 15.3. The Labute approximate surface area is 144 Å². The first-order valence-corrected chi connectivity index (χ1v) is 9.10. The maximum absolute atomic E-state index is 11.6. The van der Waals surface area contributed by atoms with E-state index in [1.165, 1.54) is 0 Å². The van der Waals surface area contributed by atoms with Gasteiger partial charge in [-0.1, -0.05) is 0 Å². The highest BCUT2D eigenvalue weighted by Crippen LogP contribution is 2.12. The van der Waals surface area contributed by atoms with E-state index in [1.807, 2.05) is 18.7 Å². The molecule has 1 heterocycles. The standard InChI is InChI=1S/C13H25N3O2.CH4O4S/c1-11(2)14-12(17)7-9-16(3,4)10-15-8-5-6-13(15)18;1-5-6(2,3)4/h11H,5-10H2,1-4H3;1H3,(H,2,3,4). The van der Waals surface area contributed by atoms with Gasteiger partial charge in [0.05, 0.1) is 34.2 Å². The van der Waals surface area contributed by atoms with Crippen LogP contribution in [0.15, 0.2) is 0 Å². The molecule has 2 amide bonds. The monoisotopic (exact) mass is 367 g/mol. The molecule has 9 nitrogen and oxygen atoms in total. The van der Waals surface area contributed by atoms with E-state index in [0.717, 1.165) is 26.6 Å². The number of rotatable bonds is 7. The molecule has 24 heavy (non-hydrogen) atoms. The molecule has 1 rings (SSSR count). The average molecular weight is 367 g/mol. The molecule has 0 unspecified atom stereocenters. The number of hydrogen-bond donors (Lipinski definition) is 1. The molecule has 0 atom stereocenters. The van der Waals surface area contributed by atoms with E-state index in [0.29, 0.717) is 24.0 Å². The average Bonchev–Trinajstić information content (AvgIpc) is 2.81. The van der Waals surface area contributed by atoms with Crippen LogP contribution in [0.3, 0.4) is 0 Å². The number of quaternary nitrogens is 1. The van der Waals surface area contributed by atoms with Gasteiger partial charge in [-0.05, 0) is 20.3 Å². The summed E-state index contributed by atoms with van der Waals surface area (Å²) in [4.78, 5) is 25.1. The lowest BCUT2D eigenvalue weighted by atomic mass is 10.3. The summed E-state index contributed by atoms with van der Waals surface area (Å²) in [6.45, 7) is 6.23. The second-order valence-electron chi connectivity index (χ2n) is 6.61. The van der Waals surface area contributed by atoms with E-state index in [9.17, 15) is 22.6 Å². The van der Waals surface area contributed by atoms with Crippen molar-refractivity contribution >= 4 is 22.2 Å². The molecule has 0 aromatic carbocycles. The van der Waals surface area contributed by atoms with Crippen molar-refractivity contribution in [2.45, 2.75) is 39.2 Å². The van der Waals surface area contributed by atoms with Crippen LogP contribution in [-0.4, -0.2) is 81.2 Å². The third kappa shape index (κ3) is 11.3. The molecule has 142 valence electrons. The highest BCUT2D eigenvalue weighted by Gasteiger charge is 2.27. The number of nitrogens with zero attached hydrogens (tertiary/aromatic N) is 2. The number of amides is 2. The second kappa shape index (κ2) is 9.92. The van der Waals surface area contributed by atoms with E-state index in [1.54, 1.807) is 0 Å². The Morgan fingerprint density at radius 1 is 1.42 bits per heavy atom. The molecule has 1 aliphatic rings. The third-order valence-corrected chi connectivity index (χ3v) is 3.73. The predicted octanol–water partition coefficient (Wildman–Crippen LogP) is -0.350. The first-order valence-electron chi connectivity index (χ1n) is 7.77. The third-order valence-electron chi connectivity index (χ3n) is 3.32. The molecular weight excluding hydrogens is 338 g/mol. The van der Waals surface area contributed by atoms with Crippen molar-refractivity contribution in [3.8, 4) is 0 Å². The van der Waals surface area contributed by atoms with E-state index >= 15 is 0 Å². The Kier molecular flexibility index (Phi) is 9.41. The number of likely N-dealkylation sites (tertiary alicyclic amines) is 1. The van der Waals surface area contributed by atoms with Crippen LogP contribution in [0.1, 0.15) is 33.1 Å². The number of hydrogen-bond acceptors (Lipinski definition) is 6. The Morgan fingerprint density at radius 2 is 1.96 bits per heavy atom. The summed E-state index contributed by atoms with van der Waals surface area (Å²) in [7, 11) is 0.523. The molecule has 0 aromatic heterocycles. The van der Waals surface area contributed by atoms with Gasteiger partial charge in [0.25, 0.3) is 0 Å². The van der Waals surface area contributed by atoms with E-state index in [4.69, 9.17) is 0 Å². The minimum Gasteiger partial charge on any atom is -0.726 e. The van der Waals surface area contributed by atoms with Gasteiger partial charge in [-0.25, -0.2) is 8.42 Å². The van der Waals surface area contributed by atoms with Gasteiger partial charge in [0.1, 0.15) is 0 Å². The van der Waals surface area contributed by atoms with Crippen LogP contribution in [-0.2, 0) is 24.2 Å². The van der Waals surface area contributed by atoms with Crippen LogP contribution < -0.4 is 5.32 Å². The molecule has 0 radical (unpaired) electrons. The van der Waals surface area contributed by atoms with Crippen molar-refractivity contribution in [1.82, 2.24) is 10.2 Å². The van der Waals surface area contributed by atoms with E-state index in [2.05, 4.69) is 23.6 Å². The topological polar surface area (TPSA) is 116 Å². The largest absolute Gasteiger partial charge is 0.726 e. The molecule has 1 saturated heterocycles. The lowest BCUT2D eigenvalue weighted by molar-refractivity contribution is -0.898.